The topological polar surface area (TPSA) is 194 Å². The molecule has 0 fully saturated rings. The molecule has 7 N–H and O–H groups in total. The summed E-state index contributed by atoms with van der Waals surface area (Å²) in [7, 11) is 0. The van der Waals surface area contributed by atoms with Crippen molar-refractivity contribution < 1.29 is 25.5 Å². The lowest BCUT2D eigenvalue weighted by atomic mass is 10.1. The fourth-order valence-corrected chi connectivity index (χ4v) is 2.52. The molecule has 0 aliphatic heterocycles. The SMILES string of the molecule is O=c1[nH]c(=O)c2c([nH]1)n(C[C@@H](O)[C@@H](O)[C@@H](O)CO)c(=O)n2CCCO. The van der Waals surface area contributed by atoms with Crippen molar-refractivity contribution >= 4 is 11.2 Å². The third-order valence-electron chi connectivity index (χ3n) is 3.78. The van der Waals surface area contributed by atoms with Crippen molar-refractivity contribution in [2.24, 2.45) is 0 Å². The van der Waals surface area contributed by atoms with Crippen LogP contribution in [0.25, 0.3) is 11.2 Å². The number of aryl methyl sites for hydroxylation is 1. The molecule has 0 aliphatic rings. The second-order valence-electron chi connectivity index (χ2n) is 5.54. The van der Waals surface area contributed by atoms with Crippen molar-refractivity contribution in [3.8, 4) is 0 Å². The van der Waals surface area contributed by atoms with E-state index in [0.717, 1.165) is 9.13 Å². The van der Waals surface area contributed by atoms with Crippen LogP contribution in [0.2, 0.25) is 0 Å². The maximum absolute atomic E-state index is 12.5. The van der Waals surface area contributed by atoms with Gasteiger partial charge in [0.05, 0.1) is 13.2 Å². The molecule has 25 heavy (non-hydrogen) atoms. The molecule has 0 saturated heterocycles. The zero-order valence-electron chi connectivity index (χ0n) is 13.1. The number of fused-ring (bicyclic) bond motifs is 1. The Morgan fingerprint density at radius 3 is 2.24 bits per heavy atom. The molecule has 2 rings (SSSR count). The van der Waals surface area contributed by atoms with Gasteiger partial charge in [0.1, 0.15) is 24.0 Å². The number of aromatic amines is 2. The van der Waals surface area contributed by atoms with Crippen LogP contribution in [-0.4, -0.2) is 76.2 Å². The fraction of sp³-hybridized carbons (Fsp3) is 0.615. The highest BCUT2D eigenvalue weighted by Gasteiger charge is 2.27. The van der Waals surface area contributed by atoms with Crippen molar-refractivity contribution in [2.75, 3.05) is 13.2 Å². The molecule has 0 radical (unpaired) electrons. The Hall–Kier alpha value is -2.25. The first kappa shape index (κ1) is 19.1. The van der Waals surface area contributed by atoms with Gasteiger partial charge in [0.25, 0.3) is 5.56 Å². The van der Waals surface area contributed by atoms with Gasteiger partial charge in [0.2, 0.25) is 0 Å². The number of imidazole rings is 1. The number of aromatic nitrogens is 4. The second-order valence-corrected chi connectivity index (χ2v) is 5.54. The van der Waals surface area contributed by atoms with Crippen LogP contribution in [0.4, 0.5) is 0 Å². The van der Waals surface area contributed by atoms with Crippen molar-refractivity contribution in [1.82, 2.24) is 19.1 Å². The summed E-state index contributed by atoms with van der Waals surface area (Å²) in [4.78, 5) is 40.3. The van der Waals surface area contributed by atoms with Crippen LogP contribution in [0.15, 0.2) is 14.4 Å². The Morgan fingerprint density at radius 1 is 0.960 bits per heavy atom. The number of rotatable bonds is 8. The normalized spacial score (nSPS) is 15.4. The van der Waals surface area contributed by atoms with Crippen LogP contribution in [-0.2, 0) is 13.1 Å². The molecule has 0 aliphatic carbocycles. The number of hydrogen-bond donors (Lipinski definition) is 7. The summed E-state index contributed by atoms with van der Waals surface area (Å²) in [6.45, 7) is -1.59. The molecular weight excluding hydrogens is 340 g/mol. The van der Waals surface area contributed by atoms with Crippen LogP contribution in [0, 0.1) is 0 Å². The lowest BCUT2D eigenvalue weighted by Crippen LogP contribution is -2.43. The number of aliphatic hydroxyl groups excluding tert-OH is 5. The van der Waals surface area contributed by atoms with Gasteiger partial charge in [-0.3, -0.25) is 23.9 Å². The highest BCUT2D eigenvalue weighted by molar-refractivity contribution is 5.69. The molecule has 0 spiro atoms. The van der Waals surface area contributed by atoms with Gasteiger partial charge in [-0.05, 0) is 6.42 Å². The van der Waals surface area contributed by atoms with E-state index in [4.69, 9.17) is 10.2 Å². The highest BCUT2D eigenvalue weighted by atomic mass is 16.4. The predicted octanol–water partition coefficient (Wildman–Crippen LogP) is -4.36. The molecule has 2 heterocycles. The van der Waals surface area contributed by atoms with Gasteiger partial charge in [-0.1, -0.05) is 0 Å². The first-order valence-electron chi connectivity index (χ1n) is 7.53. The van der Waals surface area contributed by atoms with Crippen LogP contribution in [0.1, 0.15) is 6.42 Å². The number of hydrogen-bond acceptors (Lipinski definition) is 8. The molecular formula is C13H20N4O8. The van der Waals surface area contributed by atoms with Crippen LogP contribution in [0.3, 0.4) is 0 Å². The molecule has 3 atom stereocenters. The molecule has 0 saturated carbocycles. The maximum atomic E-state index is 12.5. The quantitative estimate of drug-likeness (QED) is 0.245. The first-order chi connectivity index (χ1) is 11.8. The summed E-state index contributed by atoms with van der Waals surface area (Å²) < 4.78 is 1.91. The van der Waals surface area contributed by atoms with Crippen LogP contribution < -0.4 is 16.9 Å². The van der Waals surface area contributed by atoms with E-state index in [1.54, 1.807) is 0 Å². The van der Waals surface area contributed by atoms with Crippen molar-refractivity contribution in [2.45, 2.75) is 37.8 Å². The van der Waals surface area contributed by atoms with E-state index in [1.807, 2.05) is 4.98 Å². The third-order valence-corrected chi connectivity index (χ3v) is 3.78. The maximum Gasteiger partial charge on any atom is 0.330 e. The molecule has 0 unspecified atom stereocenters. The van der Waals surface area contributed by atoms with Crippen molar-refractivity contribution in [3.05, 3.63) is 31.3 Å². The lowest BCUT2D eigenvalue weighted by Gasteiger charge is -2.21. The molecule has 0 bridgehead atoms. The first-order valence-corrected chi connectivity index (χ1v) is 7.53. The lowest BCUT2D eigenvalue weighted by molar-refractivity contribution is -0.0806. The molecule has 140 valence electrons. The van der Waals surface area contributed by atoms with Crippen LogP contribution in [0.5, 0.6) is 0 Å². The predicted molar refractivity (Wildman–Crippen MR) is 84.2 cm³/mol. The molecule has 0 amide bonds. The van der Waals surface area contributed by atoms with Crippen molar-refractivity contribution in [3.63, 3.8) is 0 Å². The summed E-state index contributed by atoms with van der Waals surface area (Å²) >= 11 is 0. The number of H-pyrrole nitrogens is 2. The summed E-state index contributed by atoms with van der Waals surface area (Å²) in [5.74, 6) is 0. The standard InChI is InChI=1S/C13H20N4O8/c18-3-1-2-16-8-10(14-12(24)15-11(8)23)17(13(16)25)4-6(20)9(22)7(21)5-19/h6-7,9,18-22H,1-5H2,(H2,14,15,23,24)/t6-,7+,9-/m1/s1. The number of aliphatic hydroxyl groups is 5. The monoisotopic (exact) mass is 360 g/mol. The molecule has 2 aromatic rings. The Morgan fingerprint density at radius 2 is 1.64 bits per heavy atom. The Labute approximate surface area is 139 Å². The van der Waals surface area contributed by atoms with Gasteiger partial charge in [-0.25, -0.2) is 9.59 Å². The average molecular weight is 360 g/mol. The summed E-state index contributed by atoms with van der Waals surface area (Å²) in [5, 5.41) is 46.8. The van der Waals surface area contributed by atoms with Gasteiger partial charge in [-0.2, -0.15) is 0 Å². The average Bonchev–Trinajstić information content (AvgIpc) is 2.83. The van der Waals surface area contributed by atoms with Crippen molar-refractivity contribution in [1.29, 1.82) is 0 Å². The highest BCUT2D eigenvalue weighted by Crippen LogP contribution is 2.08. The summed E-state index contributed by atoms with van der Waals surface area (Å²) in [6, 6.07) is 0. The van der Waals surface area contributed by atoms with Gasteiger partial charge < -0.3 is 25.5 Å². The van der Waals surface area contributed by atoms with E-state index in [0.29, 0.717) is 0 Å². The fourth-order valence-electron chi connectivity index (χ4n) is 2.52. The van der Waals surface area contributed by atoms with Gasteiger partial charge >= 0.3 is 11.4 Å². The molecule has 12 heteroatoms. The van der Waals surface area contributed by atoms with E-state index in [-0.39, 0.29) is 30.7 Å². The Kier molecular flexibility index (Phi) is 5.92. The van der Waals surface area contributed by atoms with E-state index in [2.05, 4.69) is 4.98 Å². The van der Waals surface area contributed by atoms with E-state index in [1.165, 1.54) is 0 Å². The largest absolute Gasteiger partial charge is 0.396 e. The number of nitrogens with one attached hydrogen (secondary N) is 2. The molecule has 12 nitrogen and oxygen atoms in total. The molecule has 0 aromatic carbocycles. The van der Waals surface area contributed by atoms with Gasteiger partial charge in [0, 0.05) is 13.2 Å². The molecule has 2 aromatic heterocycles. The van der Waals surface area contributed by atoms with Gasteiger partial charge in [0.15, 0.2) is 5.52 Å². The second kappa shape index (κ2) is 7.76. The minimum absolute atomic E-state index is 0.00806. The van der Waals surface area contributed by atoms with E-state index >= 15 is 0 Å². The minimum atomic E-state index is -1.75. The Balaban J connectivity index is 2.56. The number of nitrogens with zero attached hydrogens (tertiary/aromatic N) is 2. The minimum Gasteiger partial charge on any atom is -0.396 e. The van der Waals surface area contributed by atoms with Gasteiger partial charge in [-0.15, -0.1) is 0 Å². The van der Waals surface area contributed by atoms with Crippen LogP contribution >= 0.6 is 0 Å². The third kappa shape index (κ3) is 3.72. The smallest absolute Gasteiger partial charge is 0.330 e. The zero-order valence-corrected chi connectivity index (χ0v) is 13.1. The van der Waals surface area contributed by atoms with E-state index < -0.39 is 48.4 Å². The Bertz CT molecular complexity index is 894. The zero-order chi connectivity index (χ0) is 18.7. The summed E-state index contributed by atoms with van der Waals surface area (Å²) in [6.07, 6.45) is -4.86. The summed E-state index contributed by atoms with van der Waals surface area (Å²) in [5.41, 5.74) is -2.75. The van der Waals surface area contributed by atoms with E-state index in [9.17, 15) is 29.7 Å².